The van der Waals surface area contributed by atoms with Gasteiger partial charge in [0.15, 0.2) is 5.69 Å². The first kappa shape index (κ1) is 22.4. The molecule has 13 heteroatoms. The quantitative estimate of drug-likeness (QED) is 0.652. The number of amides is 1. The van der Waals surface area contributed by atoms with Crippen molar-refractivity contribution in [3.05, 3.63) is 51.8 Å². The highest BCUT2D eigenvalue weighted by atomic mass is 35.5. The summed E-state index contributed by atoms with van der Waals surface area (Å²) in [6, 6.07) is 3.88. The van der Waals surface area contributed by atoms with Crippen molar-refractivity contribution in [2.45, 2.75) is 43.3 Å². The van der Waals surface area contributed by atoms with E-state index in [1.165, 1.54) is 18.2 Å². The molecule has 1 fully saturated rings. The molecule has 0 bridgehead atoms. The van der Waals surface area contributed by atoms with E-state index < -0.39 is 41.5 Å². The highest BCUT2D eigenvalue weighted by molar-refractivity contribution is 6.34. The lowest BCUT2D eigenvalue weighted by Crippen LogP contribution is -2.43. The number of nitrogens with zero attached hydrogens (tertiary/aromatic N) is 3. The zero-order chi connectivity index (χ0) is 23.5. The maximum atomic E-state index is 14.1. The van der Waals surface area contributed by atoms with Gasteiger partial charge in [0, 0.05) is 24.8 Å². The van der Waals surface area contributed by atoms with Crippen molar-refractivity contribution < 1.29 is 36.0 Å². The Morgan fingerprint density at radius 1 is 1.25 bits per heavy atom. The summed E-state index contributed by atoms with van der Waals surface area (Å²) in [5, 5.41) is 9.39. The lowest BCUT2D eigenvalue weighted by molar-refractivity contribution is -0.277. The smallest absolute Gasteiger partial charge is 0.374 e. The van der Waals surface area contributed by atoms with Gasteiger partial charge in [0.25, 0.3) is 11.5 Å². The van der Waals surface area contributed by atoms with Crippen LogP contribution in [0.3, 0.4) is 0 Å². The third-order valence-electron chi connectivity index (χ3n) is 5.18. The van der Waals surface area contributed by atoms with Crippen LogP contribution in [0.5, 0.6) is 0 Å². The molecule has 1 aliphatic carbocycles. The minimum Gasteiger partial charge on any atom is -0.374 e. The van der Waals surface area contributed by atoms with E-state index in [0.717, 1.165) is 19.9 Å². The summed E-state index contributed by atoms with van der Waals surface area (Å²) in [7, 11) is 1.07. The second-order valence-electron chi connectivity index (χ2n) is 7.64. The Morgan fingerprint density at radius 3 is 2.53 bits per heavy atom. The van der Waals surface area contributed by atoms with Crippen molar-refractivity contribution >= 4 is 23.2 Å². The molecule has 0 spiro atoms. The molecule has 1 saturated carbocycles. The molecule has 1 aromatic carbocycles. The second kappa shape index (κ2) is 7.39. The predicted molar refractivity (Wildman–Crippen MR) is 100 cm³/mol. The van der Waals surface area contributed by atoms with Crippen molar-refractivity contribution in [2.75, 3.05) is 0 Å². The lowest BCUT2D eigenvalue weighted by atomic mass is 9.86. The molecule has 1 aromatic heterocycles. The van der Waals surface area contributed by atoms with E-state index in [0.29, 0.717) is 10.9 Å². The number of oxime groups is 1. The Hall–Kier alpha value is -2.76. The van der Waals surface area contributed by atoms with Crippen LogP contribution >= 0.6 is 11.6 Å². The van der Waals surface area contributed by atoms with Gasteiger partial charge in [-0.25, -0.2) is 0 Å². The molecule has 1 N–H and O–H groups in total. The van der Waals surface area contributed by atoms with Gasteiger partial charge in [-0.05, 0) is 25.0 Å². The third-order valence-corrected chi connectivity index (χ3v) is 5.50. The fraction of sp³-hybridized carbons (Fsp3) is 0.421. The van der Waals surface area contributed by atoms with E-state index in [1.807, 2.05) is 0 Å². The zero-order valence-electron chi connectivity index (χ0n) is 16.3. The Morgan fingerprint density at radius 2 is 1.94 bits per heavy atom. The number of alkyl halides is 6. The monoisotopic (exact) mass is 480 g/mol. The first-order chi connectivity index (χ1) is 14.8. The van der Waals surface area contributed by atoms with Crippen molar-refractivity contribution in [2.24, 2.45) is 12.2 Å². The van der Waals surface area contributed by atoms with Crippen LogP contribution in [-0.2, 0) is 23.7 Å². The first-order valence-electron chi connectivity index (χ1n) is 9.36. The Balaban J connectivity index is 1.72. The van der Waals surface area contributed by atoms with E-state index >= 15 is 0 Å². The molecule has 0 saturated heterocycles. The number of benzene rings is 1. The van der Waals surface area contributed by atoms with Crippen molar-refractivity contribution in [1.82, 2.24) is 15.1 Å². The van der Waals surface area contributed by atoms with Gasteiger partial charge >= 0.3 is 12.4 Å². The van der Waals surface area contributed by atoms with Crippen molar-refractivity contribution in [3.63, 3.8) is 0 Å². The summed E-state index contributed by atoms with van der Waals surface area (Å²) in [5.41, 5.74) is -6.50. The SMILES string of the molecule is Cn1cc(C2(C(F)(F)F)CC(c3ccc(Cl)c(C(=O)NC4CC4)c3)=NO2)c(C(F)(F)F)n1. The van der Waals surface area contributed by atoms with E-state index in [1.54, 1.807) is 0 Å². The van der Waals surface area contributed by atoms with Crippen LogP contribution in [0, 0.1) is 0 Å². The zero-order valence-corrected chi connectivity index (χ0v) is 17.1. The summed E-state index contributed by atoms with van der Waals surface area (Å²) in [6.45, 7) is 0. The number of carbonyl (C=O) groups is 1. The van der Waals surface area contributed by atoms with Crippen LogP contribution in [0.15, 0.2) is 29.6 Å². The number of halogens is 7. The number of aryl methyl sites for hydroxylation is 1. The number of hydrogen-bond donors (Lipinski definition) is 1. The lowest BCUT2D eigenvalue weighted by Gasteiger charge is -2.29. The van der Waals surface area contributed by atoms with Gasteiger partial charge in [-0.1, -0.05) is 22.8 Å². The maximum absolute atomic E-state index is 14.1. The number of nitrogens with one attached hydrogen (secondary N) is 1. The molecule has 1 unspecified atom stereocenters. The summed E-state index contributed by atoms with van der Waals surface area (Å²) < 4.78 is 83.1. The van der Waals surface area contributed by atoms with Crippen LogP contribution in [0.1, 0.15) is 46.4 Å². The third kappa shape index (κ3) is 3.91. The average Bonchev–Trinajstić information content (AvgIpc) is 3.21. The normalized spacial score (nSPS) is 21.3. The fourth-order valence-corrected chi connectivity index (χ4v) is 3.60. The number of carbonyl (C=O) groups excluding carboxylic acids is 1. The summed E-state index contributed by atoms with van der Waals surface area (Å²) in [4.78, 5) is 17.1. The van der Waals surface area contributed by atoms with Crippen molar-refractivity contribution in [3.8, 4) is 0 Å². The highest BCUT2D eigenvalue weighted by Crippen LogP contribution is 2.51. The second-order valence-corrected chi connectivity index (χ2v) is 8.04. The Bertz CT molecular complexity index is 1110. The summed E-state index contributed by atoms with van der Waals surface area (Å²) in [5.74, 6) is -0.507. The standard InChI is InChI=1S/C19H15ClF6N4O2/c1-30-8-12(15(28-30)18(21,22)23)17(19(24,25)26)7-14(29-32-17)9-2-5-13(20)11(6-9)16(31)27-10-3-4-10/h2,5-6,8,10H,3-4,7H2,1H3,(H,27,31). The van der Waals surface area contributed by atoms with Gasteiger partial charge in [0.2, 0.25) is 0 Å². The van der Waals surface area contributed by atoms with Gasteiger partial charge in [-0.2, -0.15) is 31.4 Å². The van der Waals surface area contributed by atoms with Crippen LogP contribution in [0.25, 0.3) is 0 Å². The average molecular weight is 481 g/mol. The molecular weight excluding hydrogens is 466 g/mol. The Labute approximate surface area is 182 Å². The predicted octanol–water partition coefficient (Wildman–Crippen LogP) is 4.57. The fourth-order valence-electron chi connectivity index (χ4n) is 3.40. The van der Waals surface area contributed by atoms with E-state index in [-0.39, 0.29) is 27.9 Å². The van der Waals surface area contributed by atoms with Gasteiger partial charge in [0.1, 0.15) is 0 Å². The minimum absolute atomic E-state index is 0.0126. The van der Waals surface area contributed by atoms with E-state index in [4.69, 9.17) is 11.6 Å². The molecule has 6 nitrogen and oxygen atoms in total. The van der Waals surface area contributed by atoms with Gasteiger partial charge < -0.3 is 10.2 Å². The molecule has 4 rings (SSSR count). The van der Waals surface area contributed by atoms with E-state index in [9.17, 15) is 31.1 Å². The highest BCUT2D eigenvalue weighted by Gasteiger charge is 2.65. The number of rotatable bonds is 4. The molecule has 2 heterocycles. The largest absolute Gasteiger partial charge is 0.435 e. The van der Waals surface area contributed by atoms with Gasteiger partial charge in [0.05, 0.1) is 28.3 Å². The summed E-state index contributed by atoms with van der Waals surface area (Å²) >= 11 is 6.05. The summed E-state index contributed by atoms with van der Waals surface area (Å²) in [6.07, 6.45) is -9.20. The van der Waals surface area contributed by atoms with E-state index in [2.05, 4.69) is 20.4 Å². The molecule has 1 aliphatic heterocycles. The molecular formula is C19H15ClF6N4O2. The maximum Gasteiger partial charge on any atom is 0.435 e. The van der Waals surface area contributed by atoms with Crippen LogP contribution in [0.2, 0.25) is 5.02 Å². The Kier molecular flexibility index (Phi) is 5.18. The number of aromatic nitrogens is 2. The van der Waals surface area contributed by atoms with Gasteiger partial charge in [-0.3, -0.25) is 9.48 Å². The van der Waals surface area contributed by atoms with Crippen molar-refractivity contribution in [1.29, 1.82) is 0 Å². The van der Waals surface area contributed by atoms with Gasteiger partial charge in [-0.15, -0.1) is 0 Å². The molecule has 2 aliphatic rings. The molecule has 0 radical (unpaired) electrons. The molecule has 2 aromatic rings. The molecule has 32 heavy (non-hydrogen) atoms. The van der Waals surface area contributed by atoms with Crippen LogP contribution < -0.4 is 5.32 Å². The topological polar surface area (TPSA) is 68.5 Å². The molecule has 172 valence electrons. The first-order valence-corrected chi connectivity index (χ1v) is 9.73. The van der Waals surface area contributed by atoms with Crippen LogP contribution in [0.4, 0.5) is 26.3 Å². The minimum atomic E-state index is -5.25. The molecule has 1 atom stereocenters. The number of hydrogen-bond acceptors (Lipinski definition) is 4. The molecule has 1 amide bonds. The van der Waals surface area contributed by atoms with Crippen LogP contribution in [-0.4, -0.2) is 33.6 Å².